The fourth-order valence-corrected chi connectivity index (χ4v) is 15.0. The van der Waals surface area contributed by atoms with Crippen molar-refractivity contribution in [3.63, 3.8) is 0 Å². The molecule has 0 saturated carbocycles. The number of carbonyl (C=O) groups is 1. The molecular formula is C23H32GeO4S. The van der Waals surface area contributed by atoms with Crippen molar-refractivity contribution in [1.82, 2.24) is 0 Å². The van der Waals surface area contributed by atoms with Crippen LogP contribution in [0.5, 0.6) is 0 Å². The zero-order chi connectivity index (χ0) is 21.7. The molecule has 0 aliphatic carbocycles. The van der Waals surface area contributed by atoms with Crippen molar-refractivity contribution < 1.29 is 17.9 Å². The van der Waals surface area contributed by atoms with Gasteiger partial charge in [-0.25, -0.2) is 0 Å². The van der Waals surface area contributed by atoms with Crippen LogP contribution in [0.1, 0.15) is 37.0 Å². The molecule has 0 aromatic heterocycles. The number of carbonyl (C=O) groups excluding carboxylic acids is 1. The molecule has 0 heterocycles. The second kappa shape index (κ2) is 9.48. The minimum atomic E-state index is -3.40. The predicted molar refractivity (Wildman–Crippen MR) is 121 cm³/mol. The van der Waals surface area contributed by atoms with Gasteiger partial charge in [-0.2, -0.15) is 0 Å². The first-order chi connectivity index (χ1) is 13.4. The van der Waals surface area contributed by atoms with Crippen molar-refractivity contribution >= 4 is 29.1 Å². The zero-order valence-corrected chi connectivity index (χ0v) is 20.9. The summed E-state index contributed by atoms with van der Waals surface area (Å²) >= 11 is -2.58. The third-order valence-electron chi connectivity index (χ3n) is 5.17. The van der Waals surface area contributed by atoms with E-state index < -0.39 is 23.1 Å². The molecule has 0 aliphatic heterocycles. The van der Waals surface area contributed by atoms with Crippen LogP contribution in [-0.2, 0) is 14.6 Å². The van der Waals surface area contributed by atoms with Gasteiger partial charge >= 0.3 is 178 Å². The Bertz CT molecular complexity index is 901. The standard InChI is InChI=1S/C23H32GeO4S/c1-23(2,16-17-28-22(25)19-12-8-6-9-13-19)18-21(24(3,4)5)29(26,27)20-14-10-7-11-15-20/h6-15,21H,16-18H2,1-5H3. The average Bonchev–Trinajstić information content (AvgIpc) is 2.66. The SMILES string of the molecule is CC(C)(CCOC(=O)c1ccccc1)C[CH](S(=O)(=O)c1ccccc1)[Ge]([CH3])([CH3])[CH3]. The van der Waals surface area contributed by atoms with E-state index in [9.17, 15) is 13.2 Å². The maximum absolute atomic E-state index is 13.4. The summed E-state index contributed by atoms with van der Waals surface area (Å²) in [6.45, 7) is 4.39. The van der Waals surface area contributed by atoms with Gasteiger partial charge in [0.2, 0.25) is 0 Å². The number of esters is 1. The van der Waals surface area contributed by atoms with Crippen LogP contribution in [0, 0.1) is 5.41 Å². The Kier molecular flexibility index (Phi) is 7.74. The Morgan fingerprint density at radius 1 is 0.966 bits per heavy atom. The van der Waals surface area contributed by atoms with E-state index in [0.29, 0.717) is 23.3 Å². The molecule has 158 valence electrons. The Hall–Kier alpha value is -1.60. The molecule has 1 atom stereocenters. The monoisotopic (exact) mass is 478 g/mol. The van der Waals surface area contributed by atoms with Crippen LogP contribution in [-0.4, -0.2) is 38.3 Å². The Morgan fingerprint density at radius 2 is 1.48 bits per heavy atom. The molecule has 0 amide bonds. The molecule has 0 radical (unpaired) electrons. The van der Waals surface area contributed by atoms with E-state index in [0.717, 1.165) is 0 Å². The molecular weight excluding hydrogens is 445 g/mol. The Balaban J connectivity index is 2.09. The van der Waals surface area contributed by atoms with Crippen molar-refractivity contribution in [2.75, 3.05) is 6.61 Å². The molecule has 0 fully saturated rings. The zero-order valence-electron chi connectivity index (χ0n) is 18.0. The quantitative estimate of drug-likeness (QED) is 0.360. The van der Waals surface area contributed by atoms with Gasteiger partial charge in [0.1, 0.15) is 0 Å². The van der Waals surface area contributed by atoms with Gasteiger partial charge in [0.05, 0.1) is 0 Å². The second-order valence-electron chi connectivity index (χ2n) is 9.33. The summed E-state index contributed by atoms with van der Waals surface area (Å²) in [5.74, 6) is 6.10. The van der Waals surface area contributed by atoms with E-state index in [4.69, 9.17) is 4.74 Å². The summed E-state index contributed by atoms with van der Waals surface area (Å²) in [6, 6.07) is 17.6. The van der Waals surface area contributed by atoms with E-state index in [2.05, 4.69) is 31.1 Å². The molecule has 2 rings (SSSR count). The van der Waals surface area contributed by atoms with Crippen LogP contribution in [0.3, 0.4) is 0 Å². The van der Waals surface area contributed by atoms with Crippen molar-refractivity contribution in [2.24, 2.45) is 5.41 Å². The van der Waals surface area contributed by atoms with E-state index in [1.807, 2.05) is 12.1 Å². The molecule has 6 heteroatoms. The molecule has 0 aliphatic rings. The summed E-state index contributed by atoms with van der Waals surface area (Å²) in [5, 5.41) is 0. The Labute approximate surface area is 178 Å². The van der Waals surface area contributed by atoms with Crippen LogP contribution in [0.4, 0.5) is 0 Å². The Morgan fingerprint density at radius 3 is 2.00 bits per heavy atom. The fourth-order valence-electron chi connectivity index (χ4n) is 3.34. The summed E-state index contributed by atoms with van der Waals surface area (Å²) in [5.41, 5.74) is 0.265. The third-order valence-corrected chi connectivity index (χ3v) is 17.1. The molecule has 2 aromatic carbocycles. The number of sulfone groups is 1. The van der Waals surface area contributed by atoms with E-state index >= 15 is 0 Å². The van der Waals surface area contributed by atoms with Crippen molar-refractivity contribution in [2.45, 2.75) is 52.9 Å². The molecule has 4 nitrogen and oxygen atoms in total. The molecule has 0 N–H and O–H groups in total. The van der Waals surface area contributed by atoms with Gasteiger partial charge in [0.25, 0.3) is 0 Å². The van der Waals surface area contributed by atoms with Gasteiger partial charge in [0, 0.05) is 0 Å². The van der Waals surface area contributed by atoms with Gasteiger partial charge in [-0.3, -0.25) is 0 Å². The van der Waals surface area contributed by atoms with Crippen molar-refractivity contribution in [3.8, 4) is 0 Å². The van der Waals surface area contributed by atoms with E-state index in [-0.39, 0.29) is 22.1 Å². The molecule has 29 heavy (non-hydrogen) atoms. The van der Waals surface area contributed by atoms with Crippen LogP contribution in [0.25, 0.3) is 0 Å². The van der Waals surface area contributed by atoms with Gasteiger partial charge in [0.15, 0.2) is 0 Å². The third kappa shape index (κ3) is 6.71. The number of benzene rings is 2. The van der Waals surface area contributed by atoms with E-state index in [1.165, 1.54) is 0 Å². The first kappa shape index (κ1) is 23.7. The summed E-state index contributed by atoms with van der Waals surface area (Å²) < 4.78 is 31.8. The summed E-state index contributed by atoms with van der Waals surface area (Å²) in [7, 11) is -3.40. The van der Waals surface area contributed by atoms with Crippen LogP contribution in [0.15, 0.2) is 65.6 Å². The molecule has 2 aromatic rings. The number of hydrogen-bond acceptors (Lipinski definition) is 4. The summed E-state index contributed by atoms with van der Waals surface area (Å²) in [6.07, 6.45) is 1.18. The number of ether oxygens (including phenoxy) is 1. The first-order valence-electron chi connectivity index (χ1n) is 9.95. The molecule has 0 saturated heterocycles. The fraction of sp³-hybridized carbons (Fsp3) is 0.435. The average molecular weight is 477 g/mol. The van der Waals surface area contributed by atoms with Crippen molar-refractivity contribution in [1.29, 1.82) is 0 Å². The van der Waals surface area contributed by atoms with Gasteiger partial charge in [-0.1, -0.05) is 0 Å². The van der Waals surface area contributed by atoms with Crippen LogP contribution < -0.4 is 0 Å². The first-order valence-corrected chi connectivity index (χ1v) is 19.0. The number of hydrogen-bond donors (Lipinski definition) is 0. The molecule has 0 spiro atoms. The predicted octanol–water partition coefficient (Wildman–Crippen LogP) is 5.37. The van der Waals surface area contributed by atoms with Gasteiger partial charge < -0.3 is 0 Å². The second-order valence-corrected chi connectivity index (χ2v) is 23.7. The van der Waals surface area contributed by atoms with Crippen LogP contribution in [0.2, 0.25) is 17.3 Å². The molecule has 0 bridgehead atoms. The summed E-state index contributed by atoms with van der Waals surface area (Å²) in [4.78, 5) is 12.5. The van der Waals surface area contributed by atoms with Crippen molar-refractivity contribution in [3.05, 3.63) is 66.2 Å². The topological polar surface area (TPSA) is 60.4 Å². The molecule has 1 unspecified atom stereocenters. The number of rotatable bonds is 9. The van der Waals surface area contributed by atoms with Crippen LogP contribution >= 0.6 is 0 Å². The van der Waals surface area contributed by atoms with E-state index in [1.54, 1.807) is 48.5 Å². The van der Waals surface area contributed by atoms with Gasteiger partial charge in [-0.15, -0.1) is 0 Å². The normalized spacial score (nSPS) is 13.7. The maximum atomic E-state index is 13.4. The van der Waals surface area contributed by atoms with Gasteiger partial charge in [-0.05, 0) is 0 Å². The minimum absolute atomic E-state index is 0.262.